The molecule has 3 rings (SSSR count). The van der Waals surface area contributed by atoms with Crippen molar-refractivity contribution < 1.29 is 4.79 Å². The Labute approximate surface area is 150 Å². The first-order valence-corrected chi connectivity index (χ1v) is 9.31. The third-order valence-electron chi connectivity index (χ3n) is 5.35. The van der Waals surface area contributed by atoms with E-state index in [1.54, 1.807) is 0 Å². The van der Waals surface area contributed by atoms with E-state index in [1.165, 1.54) is 43.2 Å². The highest BCUT2D eigenvalue weighted by Gasteiger charge is 2.19. The van der Waals surface area contributed by atoms with E-state index in [0.717, 1.165) is 6.54 Å². The van der Waals surface area contributed by atoms with Crippen LogP contribution in [0.1, 0.15) is 53.7 Å². The molecule has 1 heterocycles. The molecule has 1 aliphatic rings. The van der Waals surface area contributed by atoms with Crippen molar-refractivity contribution in [2.24, 2.45) is 7.05 Å². The fourth-order valence-corrected chi connectivity index (χ4v) is 3.77. The van der Waals surface area contributed by atoms with Gasteiger partial charge in [0.2, 0.25) is 0 Å². The number of aromatic nitrogens is 1. The summed E-state index contributed by atoms with van der Waals surface area (Å²) in [6.07, 6.45) is 8.59. The van der Waals surface area contributed by atoms with Gasteiger partial charge in [0.15, 0.2) is 0 Å². The van der Waals surface area contributed by atoms with Crippen molar-refractivity contribution in [2.75, 3.05) is 7.05 Å². The summed E-state index contributed by atoms with van der Waals surface area (Å²) in [6.45, 7) is 1.51. The lowest BCUT2D eigenvalue weighted by molar-refractivity contribution is 0.0942. The number of hydrogen-bond acceptors (Lipinski definition) is 2. The molecular formula is C21H29N3O. The summed E-state index contributed by atoms with van der Waals surface area (Å²) < 4.78 is 1.85. The molecule has 0 atom stereocenters. The smallest absolute Gasteiger partial charge is 0.268 e. The SMILES string of the molecule is CN(Cc1ccccc1CNC(=O)c1cccn1C)C1CCCCC1. The van der Waals surface area contributed by atoms with E-state index in [0.29, 0.717) is 18.3 Å². The van der Waals surface area contributed by atoms with Crippen LogP contribution in [0, 0.1) is 0 Å². The molecule has 25 heavy (non-hydrogen) atoms. The van der Waals surface area contributed by atoms with Crippen LogP contribution in [0.3, 0.4) is 0 Å². The molecule has 4 nitrogen and oxygen atoms in total. The molecule has 1 N–H and O–H groups in total. The summed E-state index contributed by atoms with van der Waals surface area (Å²) in [7, 11) is 4.12. The molecule has 2 aromatic rings. The Balaban J connectivity index is 1.62. The van der Waals surface area contributed by atoms with Crippen LogP contribution < -0.4 is 5.32 Å². The Bertz CT molecular complexity index is 701. The molecule has 0 bridgehead atoms. The lowest BCUT2D eigenvalue weighted by Crippen LogP contribution is -2.33. The molecule has 0 saturated heterocycles. The third-order valence-corrected chi connectivity index (χ3v) is 5.35. The molecule has 0 unspecified atom stereocenters. The summed E-state index contributed by atoms with van der Waals surface area (Å²) in [6, 6.07) is 12.9. The molecule has 4 heteroatoms. The highest BCUT2D eigenvalue weighted by Crippen LogP contribution is 2.23. The number of benzene rings is 1. The zero-order chi connectivity index (χ0) is 17.6. The standard InChI is InChI=1S/C21H29N3O/c1-23-14-8-13-20(23)21(25)22-15-17-9-6-7-10-18(17)16-24(2)19-11-4-3-5-12-19/h6-10,13-14,19H,3-5,11-12,15-16H2,1-2H3,(H,22,25). The predicted octanol–water partition coefficient (Wildman–Crippen LogP) is 3.72. The van der Waals surface area contributed by atoms with Gasteiger partial charge in [-0.15, -0.1) is 0 Å². The predicted molar refractivity (Wildman–Crippen MR) is 101 cm³/mol. The van der Waals surface area contributed by atoms with Crippen LogP contribution in [0.25, 0.3) is 0 Å². The minimum Gasteiger partial charge on any atom is -0.347 e. The maximum atomic E-state index is 12.3. The second kappa shape index (κ2) is 8.34. The first kappa shape index (κ1) is 17.7. The Hall–Kier alpha value is -2.07. The van der Waals surface area contributed by atoms with Gasteiger partial charge in [0, 0.05) is 32.4 Å². The number of carbonyl (C=O) groups excluding carboxylic acids is 1. The quantitative estimate of drug-likeness (QED) is 0.871. The minimum absolute atomic E-state index is 0.0251. The van der Waals surface area contributed by atoms with Crippen molar-refractivity contribution in [3.05, 3.63) is 59.4 Å². The van der Waals surface area contributed by atoms with Crippen molar-refractivity contribution in [2.45, 2.75) is 51.2 Å². The molecule has 1 fully saturated rings. The van der Waals surface area contributed by atoms with E-state index in [-0.39, 0.29) is 5.91 Å². The molecular weight excluding hydrogens is 310 g/mol. The Morgan fingerprint density at radius 3 is 2.52 bits per heavy atom. The number of nitrogens with zero attached hydrogens (tertiary/aromatic N) is 2. The van der Waals surface area contributed by atoms with Gasteiger partial charge in [-0.2, -0.15) is 0 Å². The summed E-state index contributed by atoms with van der Waals surface area (Å²) in [5, 5.41) is 3.06. The summed E-state index contributed by atoms with van der Waals surface area (Å²) in [5.41, 5.74) is 3.20. The maximum Gasteiger partial charge on any atom is 0.268 e. The number of amides is 1. The maximum absolute atomic E-state index is 12.3. The number of rotatable bonds is 6. The third kappa shape index (κ3) is 4.51. The molecule has 134 valence electrons. The molecule has 1 aromatic heterocycles. The Kier molecular flexibility index (Phi) is 5.92. The monoisotopic (exact) mass is 339 g/mol. The normalized spacial score (nSPS) is 15.5. The van der Waals surface area contributed by atoms with Gasteiger partial charge in [0.05, 0.1) is 0 Å². The van der Waals surface area contributed by atoms with Crippen LogP contribution in [-0.2, 0) is 20.1 Å². The van der Waals surface area contributed by atoms with Gasteiger partial charge in [-0.25, -0.2) is 0 Å². The lowest BCUT2D eigenvalue weighted by atomic mass is 9.94. The van der Waals surface area contributed by atoms with Crippen LogP contribution >= 0.6 is 0 Å². The topological polar surface area (TPSA) is 37.3 Å². The fourth-order valence-electron chi connectivity index (χ4n) is 3.77. The van der Waals surface area contributed by atoms with Gasteiger partial charge < -0.3 is 9.88 Å². The van der Waals surface area contributed by atoms with Crippen LogP contribution in [0.15, 0.2) is 42.6 Å². The van der Waals surface area contributed by atoms with Gasteiger partial charge in [-0.05, 0) is 43.1 Å². The van der Waals surface area contributed by atoms with Gasteiger partial charge in [-0.1, -0.05) is 43.5 Å². The Morgan fingerprint density at radius 2 is 1.84 bits per heavy atom. The summed E-state index contributed by atoms with van der Waals surface area (Å²) in [5.74, 6) is -0.0251. The number of aryl methyl sites for hydroxylation is 1. The van der Waals surface area contributed by atoms with Crippen LogP contribution in [0.2, 0.25) is 0 Å². The van der Waals surface area contributed by atoms with Crippen molar-refractivity contribution in [1.29, 1.82) is 0 Å². The lowest BCUT2D eigenvalue weighted by Gasteiger charge is -2.31. The molecule has 1 amide bonds. The number of nitrogens with one attached hydrogen (secondary N) is 1. The van der Waals surface area contributed by atoms with Crippen molar-refractivity contribution in [3.8, 4) is 0 Å². The first-order valence-electron chi connectivity index (χ1n) is 9.31. The van der Waals surface area contributed by atoms with E-state index < -0.39 is 0 Å². The van der Waals surface area contributed by atoms with E-state index in [4.69, 9.17) is 0 Å². The van der Waals surface area contributed by atoms with Crippen molar-refractivity contribution in [1.82, 2.24) is 14.8 Å². The molecule has 1 saturated carbocycles. The van der Waals surface area contributed by atoms with E-state index in [1.807, 2.05) is 36.0 Å². The fraction of sp³-hybridized carbons (Fsp3) is 0.476. The second-order valence-electron chi connectivity index (χ2n) is 7.16. The van der Waals surface area contributed by atoms with E-state index in [9.17, 15) is 4.79 Å². The van der Waals surface area contributed by atoms with Gasteiger partial charge in [0.25, 0.3) is 5.91 Å². The zero-order valence-corrected chi connectivity index (χ0v) is 15.4. The molecule has 0 radical (unpaired) electrons. The molecule has 1 aliphatic carbocycles. The van der Waals surface area contributed by atoms with Gasteiger partial charge in [0.1, 0.15) is 5.69 Å². The molecule has 0 aliphatic heterocycles. The van der Waals surface area contributed by atoms with E-state index >= 15 is 0 Å². The average molecular weight is 339 g/mol. The molecule has 1 aromatic carbocycles. The zero-order valence-electron chi connectivity index (χ0n) is 15.4. The highest BCUT2D eigenvalue weighted by atomic mass is 16.1. The largest absolute Gasteiger partial charge is 0.347 e. The number of carbonyl (C=O) groups is 1. The van der Waals surface area contributed by atoms with Crippen LogP contribution in [0.4, 0.5) is 0 Å². The highest BCUT2D eigenvalue weighted by molar-refractivity contribution is 5.92. The minimum atomic E-state index is -0.0251. The van der Waals surface area contributed by atoms with Gasteiger partial charge in [-0.3, -0.25) is 9.69 Å². The van der Waals surface area contributed by atoms with Gasteiger partial charge >= 0.3 is 0 Å². The first-order chi connectivity index (χ1) is 12.1. The molecule has 0 spiro atoms. The van der Waals surface area contributed by atoms with E-state index in [2.05, 4.69) is 35.5 Å². The summed E-state index contributed by atoms with van der Waals surface area (Å²) >= 11 is 0. The Morgan fingerprint density at radius 1 is 1.12 bits per heavy atom. The average Bonchev–Trinajstić information content (AvgIpc) is 3.07. The second-order valence-corrected chi connectivity index (χ2v) is 7.16. The number of hydrogen-bond donors (Lipinski definition) is 1. The van der Waals surface area contributed by atoms with Crippen LogP contribution in [0.5, 0.6) is 0 Å². The van der Waals surface area contributed by atoms with Crippen molar-refractivity contribution in [3.63, 3.8) is 0 Å². The van der Waals surface area contributed by atoms with Crippen molar-refractivity contribution >= 4 is 5.91 Å². The van der Waals surface area contributed by atoms with Crippen LogP contribution in [-0.4, -0.2) is 28.5 Å². The summed E-state index contributed by atoms with van der Waals surface area (Å²) in [4.78, 5) is 14.8.